The molecular formula is C13H16N2O3S. The van der Waals surface area contributed by atoms with Gasteiger partial charge in [-0.15, -0.1) is 11.3 Å². The topological polar surface area (TPSA) is 66.6 Å². The summed E-state index contributed by atoms with van der Waals surface area (Å²) in [6, 6.07) is 3.80. The number of carboxylic acids is 1. The van der Waals surface area contributed by atoms with Gasteiger partial charge in [-0.2, -0.15) is 0 Å². The van der Waals surface area contributed by atoms with E-state index in [1.165, 1.54) is 11.3 Å². The fourth-order valence-electron chi connectivity index (χ4n) is 1.70. The Labute approximate surface area is 115 Å². The van der Waals surface area contributed by atoms with Crippen LogP contribution in [0.1, 0.15) is 24.8 Å². The Hall–Kier alpha value is -1.82. The average Bonchev–Trinajstić information content (AvgIpc) is 3.04. The summed E-state index contributed by atoms with van der Waals surface area (Å²) in [5.74, 6) is 0.0987. The zero-order valence-electron chi connectivity index (χ0n) is 10.7. The van der Waals surface area contributed by atoms with Crippen molar-refractivity contribution in [3.8, 4) is 0 Å². The van der Waals surface area contributed by atoms with Gasteiger partial charge in [0.25, 0.3) is 0 Å². The minimum Gasteiger partial charge on any atom is -0.481 e. The van der Waals surface area contributed by atoms with Gasteiger partial charge in [-0.3, -0.25) is 4.79 Å². The number of thiazole rings is 1. The number of aryl methyl sites for hydroxylation is 1. The van der Waals surface area contributed by atoms with E-state index in [9.17, 15) is 4.79 Å². The molecule has 0 unspecified atom stereocenters. The predicted molar refractivity (Wildman–Crippen MR) is 73.5 cm³/mol. The summed E-state index contributed by atoms with van der Waals surface area (Å²) in [5, 5.41) is 11.5. The number of anilines is 1. The Morgan fingerprint density at radius 2 is 2.42 bits per heavy atom. The summed E-state index contributed by atoms with van der Waals surface area (Å²) in [5.41, 5.74) is 0.834. The van der Waals surface area contributed by atoms with Gasteiger partial charge in [-0.05, 0) is 19.1 Å². The van der Waals surface area contributed by atoms with Crippen molar-refractivity contribution < 1.29 is 14.3 Å². The second-order valence-corrected chi connectivity index (χ2v) is 4.95. The maximum atomic E-state index is 10.5. The van der Waals surface area contributed by atoms with E-state index in [0.717, 1.165) is 23.1 Å². The Morgan fingerprint density at radius 1 is 1.58 bits per heavy atom. The molecule has 2 aromatic rings. The molecule has 0 saturated heterocycles. The molecule has 2 aromatic heterocycles. The summed E-state index contributed by atoms with van der Waals surface area (Å²) in [6.07, 6.45) is 2.25. The number of nitrogens with zero attached hydrogens (tertiary/aromatic N) is 2. The molecule has 0 fully saturated rings. The molecule has 0 aromatic carbocycles. The molecule has 0 atom stereocenters. The molecule has 2 heterocycles. The van der Waals surface area contributed by atoms with Crippen molar-refractivity contribution in [2.24, 2.45) is 0 Å². The van der Waals surface area contributed by atoms with Crippen LogP contribution in [-0.2, 0) is 17.8 Å². The summed E-state index contributed by atoms with van der Waals surface area (Å²) >= 11 is 1.54. The third kappa shape index (κ3) is 3.82. The van der Waals surface area contributed by atoms with E-state index in [1.54, 1.807) is 6.26 Å². The molecule has 1 N–H and O–H groups in total. The van der Waals surface area contributed by atoms with E-state index in [1.807, 2.05) is 17.5 Å². The zero-order chi connectivity index (χ0) is 13.7. The van der Waals surface area contributed by atoms with E-state index in [-0.39, 0.29) is 6.42 Å². The molecule has 6 heteroatoms. The van der Waals surface area contributed by atoms with Crippen LogP contribution in [-0.4, -0.2) is 22.6 Å². The standard InChI is InChI=1S/C13H16N2O3S/c1-2-15(8-11-4-3-7-18-11)13-14-10(9-19-13)5-6-12(16)17/h3-4,7,9H,2,5-6,8H2,1H3,(H,16,17). The van der Waals surface area contributed by atoms with E-state index < -0.39 is 5.97 Å². The first-order valence-electron chi connectivity index (χ1n) is 6.12. The lowest BCUT2D eigenvalue weighted by molar-refractivity contribution is -0.136. The van der Waals surface area contributed by atoms with E-state index in [2.05, 4.69) is 16.8 Å². The molecule has 0 saturated carbocycles. The fraction of sp³-hybridized carbons (Fsp3) is 0.385. The van der Waals surface area contributed by atoms with Gasteiger partial charge in [0.15, 0.2) is 5.13 Å². The normalized spacial score (nSPS) is 10.6. The quantitative estimate of drug-likeness (QED) is 0.844. The largest absolute Gasteiger partial charge is 0.481 e. The van der Waals surface area contributed by atoms with Crippen LogP contribution in [0.3, 0.4) is 0 Å². The maximum absolute atomic E-state index is 10.5. The van der Waals surface area contributed by atoms with Gasteiger partial charge < -0.3 is 14.4 Å². The van der Waals surface area contributed by atoms with E-state index in [0.29, 0.717) is 13.0 Å². The first-order valence-corrected chi connectivity index (χ1v) is 7.00. The molecule has 0 bridgehead atoms. The lowest BCUT2D eigenvalue weighted by Crippen LogP contribution is -2.21. The van der Waals surface area contributed by atoms with Crippen molar-refractivity contribution in [2.75, 3.05) is 11.4 Å². The number of carboxylic acid groups (broad SMARTS) is 1. The number of hydrogen-bond acceptors (Lipinski definition) is 5. The van der Waals surface area contributed by atoms with Crippen LogP contribution in [0.25, 0.3) is 0 Å². The van der Waals surface area contributed by atoms with E-state index in [4.69, 9.17) is 9.52 Å². The summed E-state index contributed by atoms with van der Waals surface area (Å²) in [6.45, 7) is 3.56. The summed E-state index contributed by atoms with van der Waals surface area (Å²) < 4.78 is 5.33. The van der Waals surface area contributed by atoms with Gasteiger partial charge in [0.2, 0.25) is 0 Å². The third-order valence-corrected chi connectivity index (χ3v) is 3.66. The lowest BCUT2D eigenvalue weighted by atomic mass is 10.2. The SMILES string of the molecule is CCN(Cc1ccco1)c1nc(CCC(=O)O)cs1. The second kappa shape index (κ2) is 6.38. The van der Waals surface area contributed by atoms with Crippen molar-refractivity contribution in [3.63, 3.8) is 0 Å². The fourth-order valence-corrected chi connectivity index (χ4v) is 2.62. The molecule has 5 nitrogen and oxygen atoms in total. The van der Waals surface area contributed by atoms with Crippen molar-refractivity contribution in [1.29, 1.82) is 0 Å². The third-order valence-electron chi connectivity index (χ3n) is 2.71. The molecular weight excluding hydrogens is 264 g/mol. The highest BCUT2D eigenvalue weighted by atomic mass is 32.1. The highest BCUT2D eigenvalue weighted by Gasteiger charge is 2.12. The molecule has 0 aliphatic rings. The first kappa shape index (κ1) is 13.6. The minimum atomic E-state index is -0.794. The molecule has 2 rings (SSSR count). The Balaban J connectivity index is 2.00. The highest BCUT2D eigenvalue weighted by molar-refractivity contribution is 7.13. The van der Waals surface area contributed by atoms with Crippen LogP contribution in [0, 0.1) is 0 Å². The Kier molecular flexibility index (Phi) is 4.57. The minimum absolute atomic E-state index is 0.119. The van der Waals surface area contributed by atoms with Crippen LogP contribution >= 0.6 is 11.3 Å². The molecule has 0 radical (unpaired) electrons. The van der Waals surface area contributed by atoms with Gasteiger partial charge >= 0.3 is 5.97 Å². The molecule has 0 aliphatic heterocycles. The Morgan fingerprint density at radius 3 is 3.05 bits per heavy atom. The summed E-state index contributed by atoms with van der Waals surface area (Å²) in [7, 11) is 0. The lowest BCUT2D eigenvalue weighted by Gasteiger charge is -2.17. The van der Waals surface area contributed by atoms with Crippen molar-refractivity contribution >= 4 is 22.4 Å². The molecule has 0 aliphatic carbocycles. The zero-order valence-corrected chi connectivity index (χ0v) is 11.5. The number of furan rings is 1. The van der Waals surface area contributed by atoms with E-state index >= 15 is 0 Å². The summed E-state index contributed by atoms with van der Waals surface area (Å²) in [4.78, 5) is 17.1. The molecule has 102 valence electrons. The van der Waals surface area contributed by atoms with Gasteiger partial charge in [-0.1, -0.05) is 0 Å². The number of hydrogen-bond donors (Lipinski definition) is 1. The smallest absolute Gasteiger partial charge is 0.303 e. The van der Waals surface area contributed by atoms with Crippen LogP contribution in [0.5, 0.6) is 0 Å². The molecule has 0 amide bonds. The van der Waals surface area contributed by atoms with Gasteiger partial charge in [0, 0.05) is 18.3 Å². The number of aromatic nitrogens is 1. The second-order valence-electron chi connectivity index (χ2n) is 4.11. The first-order chi connectivity index (χ1) is 9.19. The molecule has 19 heavy (non-hydrogen) atoms. The van der Waals surface area contributed by atoms with Crippen molar-refractivity contribution in [2.45, 2.75) is 26.3 Å². The molecule has 0 spiro atoms. The number of rotatable bonds is 7. The Bertz CT molecular complexity index is 522. The van der Waals surface area contributed by atoms with Crippen LogP contribution in [0.2, 0.25) is 0 Å². The maximum Gasteiger partial charge on any atom is 0.303 e. The number of aliphatic carboxylic acids is 1. The average molecular weight is 280 g/mol. The number of carbonyl (C=O) groups is 1. The van der Waals surface area contributed by atoms with Crippen LogP contribution < -0.4 is 4.90 Å². The van der Waals surface area contributed by atoms with Gasteiger partial charge in [-0.25, -0.2) is 4.98 Å². The monoisotopic (exact) mass is 280 g/mol. The van der Waals surface area contributed by atoms with Crippen LogP contribution in [0.15, 0.2) is 28.2 Å². The van der Waals surface area contributed by atoms with Crippen LogP contribution in [0.4, 0.5) is 5.13 Å². The van der Waals surface area contributed by atoms with Crippen molar-refractivity contribution in [1.82, 2.24) is 4.98 Å². The predicted octanol–water partition coefficient (Wildman–Crippen LogP) is 2.78. The van der Waals surface area contributed by atoms with Crippen molar-refractivity contribution in [3.05, 3.63) is 35.2 Å². The van der Waals surface area contributed by atoms with Gasteiger partial charge in [0.1, 0.15) is 5.76 Å². The highest BCUT2D eigenvalue weighted by Crippen LogP contribution is 2.23. The van der Waals surface area contributed by atoms with Gasteiger partial charge in [0.05, 0.1) is 24.9 Å².